The molecule has 0 amide bonds. The predicted octanol–water partition coefficient (Wildman–Crippen LogP) is 2.12. The van der Waals surface area contributed by atoms with Crippen molar-refractivity contribution >= 4 is 5.96 Å². The molecule has 1 atom stereocenters. The number of unbranched alkanes of at least 4 members (excludes halogenated alkanes) is 1. The van der Waals surface area contributed by atoms with E-state index in [1.54, 1.807) is 13.2 Å². The molecule has 9 heteroatoms. The Hall–Kier alpha value is -1.77. The number of hydrogen-bond donors (Lipinski definition) is 1. The highest BCUT2D eigenvalue weighted by Gasteiger charge is 2.41. The quantitative estimate of drug-likeness (QED) is 0.471. The van der Waals surface area contributed by atoms with Crippen LogP contribution in [0.4, 0.5) is 13.2 Å². The summed E-state index contributed by atoms with van der Waals surface area (Å²) in [5.41, 5.74) is 0. The summed E-state index contributed by atoms with van der Waals surface area (Å²) in [6.45, 7) is 6.81. The molecule has 1 saturated heterocycles. The molecule has 1 N–H and O–H groups in total. The van der Waals surface area contributed by atoms with Crippen molar-refractivity contribution in [2.75, 3.05) is 39.8 Å². The first-order valence-electron chi connectivity index (χ1n) is 9.07. The van der Waals surface area contributed by atoms with Crippen LogP contribution < -0.4 is 5.32 Å². The van der Waals surface area contributed by atoms with E-state index in [4.69, 9.17) is 0 Å². The van der Waals surface area contributed by atoms with Crippen molar-refractivity contribution in [2.45, 2.75) is 45.5 Å². The second-order valence-corrected chi connectivity index (χ2v) is 6.59. The van der Waals surface area contributed by atoms with Gasteiger partial charge in [-0.25, -0.2) is 4.98 Å². The van der Waals surface area contributed by atoms with Crippen molar-refractivity contribution in [1.82, 2.24) is 24.7 Å². The van der Waals surface area contributed by atoms with Crippen LogP contribution in [0.1, 0.15) is 25.6 Å². The predicted molar refractivity (Wildman–Crippen MR) is 96.2 cm³/mol. The van der Waals surface area contributed by atoms with Gasteiger partial charge in [-0.1, -0.05) is 0 Å². The lowest BCUT2D eigenvalue weighted by Gasteiger charge is -2.39. The third kappa shape index (κ3) is 5.62. The number of aliphatic imine (C=N–C) groups is 1. The molecule has 6 nitrogen and oxygen atoms in total. The van der Waals surface area contributed by atoms with E-state index in [0.29, 0.717) is 26.2 Å². The normalized spacial score (nSPS) is 18.2. The summed E-state index contributed by atoms with van der Waals surface area (Å²) in [5, 5.41) is 3.32. The summed E-state index contributed by atoms with van der Waals surface area (Å²) in [7, 11) is 1.71. The van der Waals surface area contributed by atoms with Gasteiger partial charge in [0, 0.05) is 58.7 Å². The van der Waals surface area contributed by atoms with Gasteiger partial charge in [-0.05, 0) is 26.7 Å². The van der Waals surface area contributed by atoms with Crippen molar-refractivity contribution < 1.29 is 13.2 Å². The monoisotopic (exact) mass is 374 g/mol. The maximum absolute atomic E-state index is 12.8. The van der Waals surface area contributed by atoms with Gasteiger partial charge in [-0.15, -0.1) is 0 Å². The Labute approximate surface area is 153 Å². The van der Waals surface area contributed by atoms with E-state index in [9.17, 15) is 13.2 Å². The van der Waals surface area contributed by atoms with Crippen LogP contribution in [0.5, 0.6) is 0 Å². The van der Waals surface area contributed by atoms with E-state index in [-0.39, 0.29) is 0 Å². The average Bonchev–Trinajstić information content (AvgIpc) is 3.02. The lowest BCUT2D eigenvalue weighted by molar-refractivity contribution is -0.181. The Morgan fingerprint density at radius 2 is 1.96 bits per heavy atom. The summed E-state index contributed by atoms with van der Waals surface area (Å²) in [6.07, 6.45) is 1.62. The molecule has 1 aliphatic heterocycles. The number of aryl methyl sites for hydroxylation is 2. The summed E-state index contributed by atoms with van der Waals surface area (Å²) in [6, 6.07) is -1.40. The third-order valence-corrected chi connectivity index (χ3v) is 4.88. The Kier molecular flexibility index (Phi) is 7.31. The molecule has 0 bridgehead atoms. The number of nitrogens with one attached hydrogen (secondary N) is 1. The highest BCUT2D eigenvalue weighted by Crippen LogP contribution is 2.25. The molecule has 148 valence electrons. The number of piperazine rings is 1. The second kappa shape index (κ2) is 9.25. The first-order chi connectivity index (χ1) is 12.3. The van der Waals surface area contributed by atoms with Crippen LogP contribution in [0.15, 0.2) is 17.4 Å². The standard InChI is InChI=1S/C17H29F3N6/c1-14(17(18,19)20)24-10-12-26(13-11-24)16(21-3)23-6-4-5-8-25-9-7-22-15(25)2/h7,9,14H,4-6,8,10-13H2,1-3H3,(H,21,23). The third-order valence-electron chi connectivity index (χ3n) is 4.88. The number of hydrogen-bond acceptors (Lipinski definition) is 3. The van der Waals surface area contributed by atoms with Gasteiger partial charge < -0.3 is 14.8 Å². The Balaban J connectivity index is 1.69. The van der Waals surface area contributed by atoms with E-state index >= 15 is 0 Å². The molecule has 1 aromatic rings. The zero-order chi connectivity index (χ0) is 19.2. The van der Waals surface area contributed by atoms with Gasteiger partial charge in [0.05, 0.1) is 0 Å². The smallest absolute Gasteiger partial charge is 0.356 e. The van der Waals surface area contributed by atoms with Crippen LogP contribution in [-0.2, 0) is 6.54 Å². The molecule has 2 heterocycles. The molecule has 0 radical (unpaired) electrons. The van der Waals surface area contributed by atoms with Crippen LogP contribution in [0.2, 0.25) is 0 Å². The van der Waals surface area contributed by atoms with Crippen LogP contribution >= 0.6 is 0 Å². The fraction of sp³-hybridized carbons (Fsp3) is 0.765. The molecule has 1 aromatic heterocycles. The van der Waals surface area contributed by atoms with Crippen molar-refractivity contribution in [2.24, 2.45) is 4.99 Å². The molecular formula is C17H29F3N6. The lowest BCUT2D eigenvalue weighted by Crippen LogP contribution is -2.56. The van der Waals surface area contributed by atoms with Gasteiger partial charge in [0.25, 0.3) is 0 Å². The van der Waals surface area contributed by atoms with Gasteiger partial charge >= 0.3 is 6.18 Å². The summed E-state index contributed by atoms with van der Waals surface area (Å²) >= 11 is 0. The number of halogens is 3. The van der Waals surface area contributed by atoms with Gasteiger partial charge in [-0.3, -0.25) is 9.89 Å². The van der Waals surface area contributed by atoms with Crippen molar-refractivity contribution in [3.63, 3.8) is 0 Å². The minimum Gasteiger partial charge on any atom is -0.356 e. The average molecular weight is 374 g/mol. The van der Waals surface area contributed by atoms with Gasteiger partial charge in [0.1, 0.15) is 11.9 Å². The highest BCUT2D eigenvalue weighted by molar-refractivity contribution is 5.79. The van der Waals surface area contributed by atoms with E-state index in [1.165, 1.54) is 11.8 Å². The fourth-order valence-corrected chi connectivity index (χ4v) is 3.11. The van der Waals surface area contributed by atoms with Crippen LogP contribution in [-0.4, -0.2) is 77.3 Å². The van der Waals surface area contributed by atoms with Crippen molar-refractivity contribution in [3.05, 3.63) is 18.2 Å². The molecule has 1 aliphatic rings. The molecule has 1 unspecified atom stereocenters. The molecule has 26 heavy (non-hydrogen) atoms. The SMILES string of the molecule is CN=C(NCCCCn1ccnc1C)N1CCN(C(C)C(F)(F)F)CC1. The molecular weight excluding hydrogens is 345 g/mol. The first kappa shape index (κ1) is 20.5. The molecule has 0 aliphatic carbocycles. The number of rotatable bonds is 6. The van der Waals surface area contributed by atoms with Crippen molar-refractivity contribution in [1.29, 1.82) is 0 Å². The Morgan fingerprint density at radius 3 is 2.50 bits per heavy atom. The molecule has 1 fully saturated rings. The number of guanidine groups is 1. The Bertz CT molecular complexity index is 575. The van der Waals surface area contributed by atoms with Gasteiger partial charge in [0.15, 0.2) is 5.96 Å². The largest absolute Gasteiger partial charge is 0.403 e. The second-order valence-electron chi connectivity index (χ2n) is 6.59. The van der Waals surface area contributed by atoms with Crippen molar-refractivity contribution in [3.8, 4) is 0 Å². The Morgan fingerprint density at radius 1 is 1.27 bits per heavy atom. The molecule has 2 rings (SSSR count). The lowest BCUT2D eigenvalue weighted by atomic mass is 10.2. The van der Waals surface area contributed by atoms with Gasteiger partial charge in [0.2, 0.25) is 0 Å². The maximum atomic E-state index is 12.8. The molecule has 0 aromatic carbocycles. The van der Waals surface area contributed by atoms with Crippen LogP contribution in [0, 0.1) is 6.92 Å². The van der Waals surface area contributed by atoms with E-state index < -0.39 is 12.2 Å². The summed E-state index contributed by atoms with van der Waals surface area (Å²) in [4.78, 5) is 12.0. The summed E-state index contributed by atoms with van der Waals surface area (Å²) < 4.78 is 40.6. The molecule has 0 saturated carbocycles. The topological polar surface area (TPSA) is 48.7 Å². The van der Waals surface area contributed by atoms with E-state index in [0.717, 1.165) is 37.7 Å². The fourth-order valence-electron chi connectivity index (χ4n) is 3.11. The number of aromatic nitrogens is 2. The highest BCUT2D eigenvalue weighted by atomic mass is 19.4. The van der Waals surface area contributed by atoms with Gasteiger partial charge in [-0.2, -0.15) is 13.2 Å². The number of nitrogens with zero attached hydrogens (tertiary/aromatic N) is 5. The van der Waals surface area contributed by atoms with Crippen LogP contribution in [0.3, 0.4) is 0 Å². The minimum absolute atomic E-state index is 0.390. The number of imidazole rings is 1. The minimum atomic E-state index is -4.17. The van der Waals surface area contributed by atoms with Crippen LogP contribution in [0.25, 0.3) is 0 Å². The summed E-state index contributed by atoms with van der Waals surface area (Å²) in [5.74, 6) is 1.78. The number of alkyl halides is 3. The van der Waals surface area contributed by atoms with E-state index in [1.807, 2.05) is 18.0 Å². The molecule has 0 spiro atoms. The maximum Gasteiger partial charge on any atom is 0.403 e. The first-order valence-corrected chi connectivity index (χ1v) is 9.07. The zero-order valence-corrected chi connectivity index (χ0v) is 15.8. The zero-order valence-electron chi connectivity index (χ0n) is 15.8. The van der Waals surface area contributed by atoms with E-state index in [2.05, 4.69) is 19.9 Å².